The summed E-state index contributed by atoms with van der Waals surface area (Å²) in [7, 11) is -3.22. The molecular formula is C12H20N2O2S. The van der Waals surface area contributed by atoms with Crippen LogP contribution in [-0.4, -0.2) is 27.3 Å². The first kappa shape index (κ1) is 14.0. The number of nitrogens with two attached hydrogens (primary N) is 1. The molecule has 0 radical (unpaired) electrons. The highest BCUT2D eigenvalue weighted by Crippen LogP contribution is 2.19. The van der Waals surface area contributed by atoms with Crippen molar-refractivity contribution in [3.8, 4) is 0 Å². The van der Waals surface area contributed by atoms with Crippen LogP contribution in [0, 0.1) is 6.92 Å². The van der Waals surface area contributed by atoms with Crippen LogP contribution >= 0.6 is 0 Å². The summed E-state index contributed by atoms with van der Waals surface area (Å²) in [4.78, 5) is 0. The summed E-state index contributed by atoms with van der Waals surface area (Å²) in [6, 6.07) is 7.51. The molecule has 1 rings (SSSR count). The molecule has 4 nitrogen and oxygen atoms in total. The Morgan fingerprint density at radius 2 is 2.06 bits per heavy atom. The van der Waals surface area contributed by atoms with Crippen molar-refractivity contribution >= 4 is 15.7 Å². The van der Waals surface area contributed by atoms with Gasteiger partial charge in [-0.15, -0.1) is 0 Å². The van der Waals surface area contributed by atoms with E-state index in [1.54, 1.807) is 6.92 Å². The van der Waals surface area contributed by atoms with Crippen LogP contribution in [0.3, 0.4) is 0 Å². The van der Waals surface area contributed by atoms with Crippen LogP contribution in [-0.2, 0) is 10.0 Å². The van der Waals surface area contributed by atoms with Crippen molar-refractivity contribution in [3.05, 3.63) is 29.8 Å². The Kier molecular flexibility index (Phi) is 4.96. The van der Waals surface area contributed by atoms with E-state index in [4.69, 9.17) is 5.73 Å². The average molecular weight is 256 g/mol. The van der Waals surface area contributed by atoms with Gasteiger partial charge in [-0.05, 0) is 44.5 Å². The van der Waals surface area contributed by atoms with Gasteiger partial charge in [0.2, 0.25) is 10.0 Å². The fourth-order valence-corrected chi connectivity index (χ4v) is 2.76. The quantitative estimate of drug-likeness (QED) is 0.839. The van der Waals surface area contributed by atoms with Crippen LogP contribution in [0.25, 0.3) is 0 Å². The maximum absolute atomic E-state index is 12.0. The van der Waals surface area contributed by atoms with Gasteiger partial charge in [0, 0.05) is 6.54 Å². The fraction of sp³-hybridized carbons (Fsp3) is 0.500. The van der Waals surface area contributed by atoms with Crippen LogP contribution in [0.1, 0.15) is 18.9 Å². The van der Waals surface area contributed by atoms with Gasteiger partial charge in [0.15, 0.2) is 0 Å². The second-order valence-electron chi connectivity index (χ2n) is 3.95. The molecular weight excluding hydrogens is 236 g/mol. The molecule has 1 aromatic rings. The van der Waals surface area contributed by atoms with E-state index in [9.17, 15) is 8.42 Å². The van der Waals surface area contributed by atoms with Gasteiger partial charge in [-0.1, -0.05) is 12.1 Å². The van der Waals surface area contributed by atoms with Gasteiger partial charge in [-0.3, -0.25) is 4.31 Å². The number of aryl methyl sites for hydroxylation is 1. The van der Waals surface area contributed by atoms with E-state index >= 15 is 0 Å². The second-order valence-corrected chi connectivity index (χ2v) is 6.14. The number of rotatable bonds is 6. The summed E-state index contributed by atoms with van der Waals surface area (Å²) in [5, 5.41) is 0. The van der Waals surface area contributed by atoms with Crippen LogP contribution in [0.4, 0.5) is 5.69 Å². The van der Waals surface area contributed by atoms with Crippen LogP contribution in [0.15, 0.2) is 24.3 Å². The lowest BCUT2D eigenvalue weighted by atomic mass is 10.2. The van der Waals surface area contributed by atoms with E-state index in [0.29, 0.717) is 19.5 Å². The third-order valence-electron chi connectivity index (χ3n) is 2.56. The van der Waals surface area contributed by atoms with Crippen LogP contribution < -0.4 is 10.0 Å². The summed E-state index contributed by atoms with van der Waals surface area (Å²) in [6.07, 6.45) is 0.660. The molecule has 1 aromatic carbocycles. The molecule has 0 saturated carbocycles. The Balaban J connectivity index is 3.06. The molecule has 0 aliphatic heterocycles. The molecule has 0 aliphatic carbocycles. The van der Waals surface area contributed by atoms with Gasteiger partial charge in [-0.25, -0.2) is 8.42 Å². The smallest absolute Gasteiger partial charge is 0.234 e. The van der Waals surface area contributed by atoms with E-state index in [2.05, 4.69) is 0 Å². The first-order valence-electron chi connectivity index (χ1n) is 5.78. The summed E-state index contributed by atoms with van der Waals surface area (Å²) in [6.45, 7) is 4.53. The molecule has 0 fully saturated rings. The number of hydrogen-bond acceptors (Lipinski definition) is 3. The maximum atomic E-state index is 12.0. The molecule has 96 valence electrons. The minimum absolute atomic E-state index is 0.103. The monoisotopic (exact) mass is 256 g/mol. The van der Waals surface area contributed by atoms with Crippen molar-refractivity contribution in [2.75, 3.05) is 23.1 Å². The molecule has 0 aromatic heterocycles. The van der Waals surface area contributed by atoms with Crippen molar-refractivity contribution in [2.24, 2.45) is 5.73 Å². The Morgan fingerprint density at radius 1 is 1.35 bits per heavy atom. The number of benzene rings is 1. The second kappa shape index (κ2) is 6.02. The molecule has 0 unspecified atom stereocenters. The SMILES string of the molecule is CCS(=O)(=O)N(CCCN)c1cccc(C)c1. The number of hydrogen-bond donors (Lipinski definition) is 1. The zero-order chi connectivity index (χ0) is 12.9. The molecule has 0 atom stereocenters. The average Bonchev–Trinajstić information content (AvgIpc) is 2.29. The predicted octanol–water partition coefficient (Wildman–Crippen LogP) is 1.50. The number of sulfonamides is 1. The van der Waals surface area contributed by atoms with Crippen molar-refractivity contribution in [1.29, 1.82) is 0 Å². The molecule has 0 aliphatic rings. The first-order valence-corrected chi connectivity index (χ1v) is 7.39. The standard InChI is InChI=1S/C12H20N2O2S/c1-3-17(15,16)14(9-5-8-13)12-7-4-6-11(2)10-12/h4,6-7,10H,3,5,8-9,13H2,1-2H3. The maximum Gasteiger partial charge on any atom is 0.234 e. The minimum atomic E-state index is -3.22. The highest BCUT2D eigenvalue weighted by molar-refractivity contribution is 7.92. The molecule has 5 heteroatoms. The van der Waals surface area contributed by atoms with Crippen molar-refractivity contribution in [1.82, 2.24) is 0 Å². The summed E-state index contributed by atoms with van der Waals surface area (Å²) < 4.78 is 25.5. The third-order valence-corrected chi connectivity index (χ3v) is 4.35. The van der Waals surface area contributed by atoms with E-state index in [-0.39, 0.29) is 5.75 Å². The highest BCUT2D eigenvalue weighted by Gasteiger charge is 2.19. The molecule has 0 amide bonds. The molecule has 0 bridgehead atoms. The van der Waals surface area contributed by atoms with Crippen molar-refractivity contribution in [2.45, 2.75) is 20.3 Å². The first-order chi connectivity index (χ1) is 8.01. The lowest BCUT2D eigenvalue weighted by Crippen LogP contribution is -2.34. The summed E-state index contributed by atoms with van der Waals surface area (Å²) >= 11 is 0. The summed E-state index contributed by atoms with van der Waals surface area (Å²) in [5.74, 6) is 0.103. The Morgan fingerprint density at radius 3 is 2.59 bits per heavy atom. The lowest BCUT2D eigenvalue weighted by molar-refractivity contribution is 0.590. The van der Waals surface area contributed by atoms with Gasteiger partial charge < -0.3 is 5.73 Å². The zero-order valence-electron chi connectivity index (χ0n) is 10.4. The Bertz CT molecular complexity index is 457. The van der Waals surface area contributed by atoms with Gasteiger partial charge in [-0.2, -0.15) is 0 Å². The van der Waals surface area contributed by atoms with Gasteiger partial charge in [0.25, 0.3) is 0 Å². The normalized spacial score (nSPS) is 11.5. The Labute approximate surface area is 103 Å². The van der Waals surface area contributed by atoms with E-state index < -0.39 is 10.0 Å². The highest BCUT2D eigenvalue weighted by atomic mass is 32.2. The van der Waals surface area contributed by atoms with E-state index in [0.717, 1.165) is 11.3 Å². The lowest BCUT2D eigenvalue weighted by Gasteiger charge is -2.23. The predicted molar refractivity (Wildman–Crippen MR) is 71.7 cm³/mol. The largest absolute Gasteiger partial charge is 0.330 e. The molecule has 2 N–H and O–H groups in total. The molecule has 0 spiro atoms. The minimum Gasteiger partial charge on any atom is -0.330 e. The topological polar surface area (TPSA) is 63.4 Å². The summed E-state index contributed by atoms with van der Waals surface area (Å²) in [5.41, 5.74) is 7.22. The number of nitrogens with zero attached hydrogens (tertiary/aromatic N) is 1. The van der Waals surface area contributed by atoms with E-state index in [1.165, 1.54) is 4.31 Å². The zero-order valence-corrected chi connectivity index (χ0v) is 11.2. The van der Waals surface area contributed by atoms with E-state index in [1.807, 2.05) is 31.2 Å². The van der Waals surface area contributed by atoms with Crippen molar-refractivity contribution in [3.63, 3.8) is 0 Å². The molecule has 0 heterocycles. The van der Waals surface area contributed by atoms with Crippen LogP contribution in [0.2, 0.25) is 0 Å². The third kappa shape index (κ3) is 3.71. The Hall–Kier alpha value is -1.07. The van der Waals surface area contributed by atoms with Crippen molar-refractivity contribution < 1.29 is 8.42 Å². The van der Waals surface area contributed by atoms with Crippen LogP contribution in [0.5, 0.6) is 0 Å². The number of anilines is 1. The molecule has 0 saturated heterocycles. The molecule has 17 heavy (non-hydrogen) atoms. The fourth-order valence-electron chi connectivity index (χ4n) is 1.60. The van der Waals surface area contributed by atoms with Gasteiger partial charge in [0.1, 0.15) is 0 Å². The van der Waals surface area contributed by atoms with Gasteiger partial charge in [0.05, 0.1) is 11.4 Å². The van der Waals surface area contributed by atoms with Gasteiger partial charge >= 0.3 is 0 Å².